The summed E-state index contributed by atoms with van der Waals surface area (Å²) in [7, 11) is 0. The molecule has 0 aliphatic carbocycles. The van der Waals surface area contributed by atoms with Crippen LogP contribution in [0.1, 0.15) is 31.9 Å². The van der Waals surface area contributed by atoms with Gasteiger partial charge in [0, 0.05) is 10.6 Å². The molecule has 0 N–H and O–H groups in total. The maximum absolute atomic E-state index is 13.1. The summed E-state index contributed by atoms with van der Waals surface area (Å²) >= 11 is 13.0. The number of thioether (sulfide) groups is 1. The van der Waals surface area contributed by atoms with Crippen molar-refractivity contribution in [1.29, 1.82) is 0 Å². The third-order valence-corrected chi connectivity index (χ3v) is 6.93. The second kappa shape index (κ2) is 10.9. The van der Waals surface area contributed by atoms with E-state index in [0.717, 1.165) is 11.4 Å². The summed E-state index contributed by atoms with van der Waals surface area (Å²) in [5, 5.41) is 0.553. The van der Waals surface area contributed by atoms with E-state index < -0.39 is 0 Å². The Balaban J connectivity index is 1.43. The monoisotopic (exact) mass is 523 g/mol. The Morgan fingerprint density at radius 3 is 2.34 bits per heavy atom. The van der Waals surface area contributed by atoms with Gasteiger partial charge in [-0.15, -0.1) is 0 Å². The summed E-state index contributed by atoms with van der Waals surface area (Å²) in [5.74, 6) is 1.24. The summed E-state index contributed by atoms with van der Waals surface area (Å²) in [5.41, 5.74) is 2.81. The van der Waals surface area contributed by atoms with Crippen molar-refractivity contribution < 1.29 is 14.3 Å². The molecule has 1 aliphatic heterocycles. The largest absolute Gasteiger partial charge is 0.490 e. The Labute approximate surface area is 220 Å². The van der Waals surface area contributed by atoms with E-state index in [0.29, 0.717) is 38.8 Å². The van der Waals surface area contributed by atoms with Crippen LogP contribution in [0.25, 0.3) is 6.08 Å². The zero-order valence-electron chi connectivity index (χ0n) is 19.8. The van der Waals surface area contributed by atoms with Gasteiger partial charge in [0.05, 0.1) is 10.6 Å². The Morgan fingerprint density at radius 1 is 0.971 bits per heavy atom. The third kappa shape index (κ3) is 6.26. The molecule has 3 aromatic carbocycles. The molecule has 1 heterocycles. The number of halogens is 1. The van der Waals surface area contributed by atoms with E-state index in [-0.39, 0.29) is 11.3 Å². The van der Waals surface area contributed by atoms with E-state index in [2.05, 4.69) is 32.9 Å². The fourth-order valence-electron chi connectivity index (χ4n) is 3.53. The number of carbonyl (C=O) groups excluding carboxylic acids is 1. The molecule has 1 aliphatic rings. The van der Waals surface area contributed by atoms with E-state index in [4.69, 9.17) is 33.3 Å². The lowest BCUT2D eigenvalue weighted by atomic mass is 9.87. The molecule has 1 saturated heterocycles. The molecule has 4 nitrogen and oxygen atoms in total. The molecular weight excluding hydrogens is 498 g/mol. The zero-order valence-corrected chi connectivity index (χ0v) is 22.2. The van der Waals surface area contributed by atoms with Crippen LogP contribution < -0.4 is 14.4 Å². The van der Waals surface area contributed by atoms with Crippen LogP contribution in [0.5, 0.6) is 11.5 Å². The van der Waals surface area contributed by atoms with Gasteiger partial charge in [0.25, 0.3) is 5.91 Å². The Kier molecular flexibility index (Phi) is 7.85. The highest BCUT2D eigenvalue weighted by Crippen LogP contribution is 2.37. The van der Waals surface area contributed by atoms with Crippen LogP contribution in [0.2, 0.25) is 5.02 Å². The quantitative estimate of drug-likeness (QED) is 0.182. The van der Waals surface area contributed by atoms with Gasteiger partial charge in [-0.2, -0.15) is 0 Å². The number of thiocarbonyl (C=S) groups is 1. The number of para-hydroxylation sites is 1. The first-order valence-electron chi connectivity index (χ1n) is 11.2. The summed E-state index contributed by atoms with van der Waals surface area (Å²) in [6.45, 7) is 7.27. The van der Waals surface area contributed by atoms with Crippen molar-refractivity contribution in [2.24, 2.45) is 0 Å². The van der Waals surface area contributed by atoms with Crippen LogP contribution >= 0.6 is 35.6 Å². The van der Waals surface area contributed by atoms with Crippen LogP contribution in [-0.2, 0) is 10.2 Å². The molecule has 35 heavy (non-hydrogen) atoms. The summed E-state index contributed by atoms with van der Waals surface area (Å²) in [4.78, 5) is 15.1. The van der Waals surface area contributed by atoms with Gasteiger partial charge in [0.2, 0.25) is 0 Å². The number of rotatable bonds is 7. The van der Waals surface area contributed by atoms with Gasteiger partial charge < -0.3 is 9.47 Å². The lowest BCUT2D eigenvalue weighted by Gasteiger charge is -2.19. The maximum atomic E-state index is 13.1. The number of anilines is 1. The fourth-order valence-corrected chi connectivity index (χ4v) is 5.00. The van der Waals surface area contributed by atoms with Crippen molar-refractivity contribution in [2.75, 3.05) is 18.1 Å². The van der Waals surface area contributed by atoms with Gasteiger partial charge in [-0.05, 0) is 59.5 Å². The maximum Gasteiger partial charge on any atom is 0.270 e. The SMILES string of the molecule is CC(C)(C)c1ccc(OCCOc2ccc(Cl)cc2/C=C2\SC(=S)N(c3ccccc3)C2=O)cc1. The third-order valence-electron chi connectivity index (χ3n) is 5.40. The Hall–Kier alpha value is -2.80. The van der Waals surface area contributed by atoms with E-state index in [1.165, 1.54) is 22.2 Å². The first-order chi connectivity index (χ1) is 16.7. The molecule has 0 radical (unpaired) electrons. The van der Waals surface area contributed by atoms with Gasteiger partial charge in [-0.1, -0.05) is 86.7 Å². The highest BCUT2D eigenvalue weighted by atomic mass is 35.5. The predicted molar refractivity (Wildman–Crippen MR) is 150 cm³/mol. The predicted octanol–water partition coefficient (Wildman–Crippen LogP) is 7.50. The smallest absolute Gasteiger partial charge is 0.270 e. The van der Waals surface area contributed by atoms with E-state index in [1.807, 2.05) is 42.5 Å². The summed E-state index contributed by atoms with van der Waals surface area (Å²) < 4.78 is 12.3. The minimum atomic E-state index is -0.167. The molecule has 0 aromatic heterocycles. The Morgan fingerprint density at radius 2 is 1.66 bits per heavy atom. The number of hydrogen-bond donors (Lipinski definition) is 0. The first kappa shape index (κ1) is 25.3. The number of carbonyl (C=O) groups is 1. The number of ether oxygens (including phenoxy) is 2. The van der Waals surface area contributed by atoms with Gasteiger partial charge in [0.1, 0.15) is 24.7 Å². The van der Waals surface area contributed by atoms with Crippen molar-refractivity contribution >= 4 is 57.6 Å². The number of benzene rings is 3. The molecule has 7 heteroatoms. The van der Waals surface area contributed by atoms with Crippen molar-refractivity contribution in [3.63, 3.8) is 0 Å². The molecule has 1 fully saturated rings. The van der Waals surface area contributed by atoms with E-state index in [9.17, 15) is 4.79 Å². The molecule has 0 saturated carbocycles. The fraction of sp³-hybridized carbons (Fsp3) is 0.214. The van der Waals surface area contributed by atoms with Crippen molar-refractivity contribution in [3.05, 3.63) is 93.9 Å². The summed E-state index contributed by atoms with van der Waals surface area (Å²) in [6.07, 6.45) is 1.77. The highest BCUT2D eigenvalue weighted by molar-refractivity contribution is 8.27. The average Bonchev–Trinajstić information content (AvgIpc) is 3.10. The lowest BCUT2D eigenvalue weighted by Crippen LogP contribution is -2.27. The second-order valence-corrected chi connectivity index (χ2v) is 11.1. The van der Waals surface area contributed by atoms with Gasteiger partial charge in [0.15, 0.2) is 4.32 Å². The van der Waals surface area contributed by atoms with E-state index >= 15 is 0 Å². The van der Waals surface area contributed by atoms with Gasteiger partial charge in [-0.25, -0.2) is 0 Å². The highest BCUT2D eigenvalue weighted by Gasteiger charge is 2.33. The molecule has 0 unspecified atom stereocenters. The molecule has 0 spiro atoms. The number of nitrogens with zero attached hydrogens (tertiary/aromatic N) is 1. The van der Waals surface area contributed by atoms with Gasteiger partial charge >= 0.3 is 0 Å². The summed E-state index contributed by atoms with van der Waals surface area (Å²) in [6, 6.07) is 22.8. The molecule has 3 aromatic rings. The van der Waals surface area contributed by atoms with Crippen LogP contribution in [0, 0.1) is 0 Å². The van der Waals surface area contributed by atoms with Crippen molar-refractivity contribution in [1.82, 2.24) is 0 Å². The molecule has 180 valence electrons. The molecule has 0 atom stereocenters. The van der Waals surface area contributed by atoms with Crippen molar-refractivity contribution in [3.8, 4) is 11.5 Å². The molecular formula is C28H26ClNO3S2. The van der Waals surface area contributed by atoms with Crippen molar-refractivity contribution in [2.45, 2.75) is 26.2 Å². The number of amides is 1. The Bertz CT molecular complexity index is 1250. The normalized spacial score (nSPS) is 15.1. The lowest BCUT2D eigenvalue weighted by molar-refractivity contribution is -0.113. The topological polar surface area (TPSA) is 38.8 Å². The minimum Gasteiger partial charge on any atom is -0.490 e. The molecule has 4 rings (SSSR count). The first-order valence-corrected chi connectivity index (χ1v) is 12.8. The van der Waals surface area contributed by atoms with Crippen LogP contribution in [-0.4, -0.2) is 23.4 Å². The minimum absolute atomic E-state index is 0.0992. The zero-order chi connectivity index (χ0) is 25.0. The van der Waals surface area contributed by atoms with E-state index in [1.54, 1.807) is 24.3 Å². The number of hydrogen-bond acceptors (Lipinski definition) is 5. The van der Waals surface area contributed by atoms with Crippen LogP contribution in [0.15, 0.2) is 77.7 Å². The van der Waals surface area contributed by atoms with Crippen LogP contribution in [0.4, 0.5) is 5.69 Å². The van der Waals surface area contributed by atoms with Gasteiger partial charge in [-0.3, -0.25) is 9.69 Å². The second-order valence-electron chi connectivity index (χ2n) is 9.01. The standard InChI is InChI=1S/C28H26ClNO3S2/c1-28(2,3)20-9-12-23(13-10-20)32-15-16-33-24-14-11-21(29)17-19(24)18-25-26(31)30(27(34)35-25)22-7-5-4-6-8-22/h4-14,17-18H,15-16H2,1-3H3/b25-18-. The average molecular weight is 524 g/mol. The van der Waals surface area contributed by atoms with Crippen LogP contribution in [0.3, 0.4) is 0 Å². The molecule has 1 amide bonds. The molecule has 0 bridgehead atoms.